The number of amides is 1. The monoisotopic (exact) mass is 173 g/mol. The van der Waals surface area contributed by atoms with Crippen LogP contribution in [0.15, 0.2) is 0 Å². The first kappa shape index (κ1) is 11.2. The van der Waals surface area contributed by atoms with Gasteiger partial charge in [-0.3, -0.25) is 0 Å². The molecule has 12 heavy (non-hydrogen) atoms. The Morgan fingerprint density at radius 1 is 1.33 bits per heavy atom. The van der Waals surface area contributed by atoms with Gasteiger partial charge in [0.2, 0.25) is 0 Å². The summed E-state index contributed by atoms with van der Waals surface area (Å²) in [5.41, 5.74) is 0. The molecule has 0 N–H and O–H groups in total. The molecule has 4 nitrogen and oxygen atoms in total. The van der Waals surface area contributed by atoms with Gasteiger partial charge >= 0.3 is 0 Å². The van der Waals surface area contributed by atoms with E-state index in [1.807, 2.05) is 25.9 Å². The number of nitrogens with zero attached hydrogens (tertiary/aromatic N) is 2. The van der Waals surface area contributed by atoms with Gasteiger partial charge in [-0.05, 0) is 34.0 Å². The lowest BCUT2D eigenvalue weighted by Crippen LogP contribution is -2.42. The fourth-order valence-corrected chi connectivity index (χ4v) is 0.956. The molecule has 1 amide bonds. The highest BCUT2D eigenvalue weighted by atomic mass is 16.4. The van der Waals surface area contributed by atoms with Gasteiger partial charge in [-0.15, -0.1) is 0 Å². The highest BCUT2D eigenvalue weighted by Gasteiger charge is 2.00. The summed E-state index contributed by atoms with van der Waals surface area (Å²) < 4.78 is 0. The molecule has 0 atom stereocenters. The maximum absolute atomic E-state index is 10.4. The van der Waals surface area contributed by atoms with E-state index >= 15 is 0 Å². The third kappa shape index (κ3) is 4.96. The second-order valence-electron chi connectivity index (χ2n) is 3.00. The molecule has 0 heterocycles. The molecule has 0 aliphatic rings. The van der Waals surface area contributed by atoms with Crippen LogP contribution in [-0.2, 0) is 0 Å². The minimum absolute atomic E-state index is 0.510. The zero-order valence-corrected chi connectivity index (χ0v) is 8.04. The van der Waals surface area contributed by atoms with Gasteiger partial charge < -0.3 is 19.7 Å². The summed E-state index contributed by atoms with van der Waals surface area (Å²) in [7, 11) is 3.94. The SMILES string of the molecule is CCN(CCCN(C)C)C(=O)[O-]. The van der Waals surface area contributed by atoms with Crippen LogP contribution in [0.2, 0.25) is 0 Å². The maximum atomic E-state index is 10.4. The highest BCUT2D eigenvalue weighted by molar-refractivity contribution is 5.62. The molecule has 0 aromatic heterocycles. The molecule has 0 radical (unpaired) electrons. The van der Waals surface area contributed by atoms with Crippen molar-refractivity contribution in [3.8, 4) is 0 Å². The molecule has 4 heteroatoms. The largest absolute Gasteiger partial charge is 0.530 e. The minimum atomic E-state index is -1.07. The van der Waals surface area contributed by atoms with E-state index in [0.29, 0.717) is 13.1 Å². The maximum Gasteiger partial charge on any atom is 0.136 e. The Labute approximate surface area is 73.8 Å². The van der Waals surface area contributed by atoms with Gasteiger partial charge in [-0.1, -0.05) is 0 Å². The molecule has 0 saturated heterocycles. The van der Waals surface area contributed by atoms with Crippen molar-refractivity contribution in [3.63, 3.8) is 0 Å². The van der Waals surface area contributed by atoms with E-state index in [1.54, 1.807) is 0 Å². The lowest BCUT2D eigenvalue weighted by atomic mass is 10.4. The van der Waals surface area contributed by atoms with Crippen LogP contribution >= 0.6 is 0 Å². The van der Waals surface area contributed by atoms with Crippen molar-refractivity contribution in [2.45, 2.75) is 13.3 Å². The predicted octanol–water partition coefficient (Wildman–Crippen LogP) is -0.397. The molecule has 0 bridgehead atoms. The first-order valence-electron chi connectivity index (χ1n) is 4.18. The lowest BCUT2D eigenvalue weighted by Gasteiger charge is -2.23. The molecule has 0 aliphatic heterocycles. The van der Waals surface area contributed by atoms with Crippen molar-refractivity contribution < 1.29 is 9.90 Å². The van der Waals surface area contributed by atoms with E-state index in [1.165, 1.54) is 4.90 Å². The quantitative estimate of drug-likeness (QED) is 0.568. The van der Waals surface area contributed by atoms with Crippen LogP contribution in [0.4, 0.5) is 4.79 Å². The number of carbonyl (C=O) groups excluding carboxylic acids is 1. The predicted molar refractivity (Wildman–Crippen MR) is 45.8 cm³/mol. The summed E-state index contributed by atoms with van der Waals surface area (Å²) >= 11 is 0. The second kappa shape index (κ2) is 5.83. The van der Waals surface area contributed by atoms with Crippen molar-refractivity contribution in [3.05, 3.63) is 0 Å². The van der Waals surface area contributed by atoms with Gasteiger partial charge in [-0.25, -0.2) is 0 Å². The highest BCUT2D eigenvalue weighted by Crippen LogP contribution is 1.91. The smallest absolute Gasteiger partial charge is 0.136 e. The van der Waals surface area contributed by atoms with Crippen molar-refractivity contribution in [2.75, 3.05) is 33.7 Å². The summed E-state index contributed by atoms with van der Waals surface area (Å²) in [4.78, 5) is 13.7. The molecule has 0 saturated carbocycles. The summed E-state index contributed by atoms with van der Waals surface area (Å²) in [6, 6.07) is 0. The number of hydrogen-bond donors (Lipinski definition) is 0. The van der Waals surface area contributed by atoms with Crippen molar-refractivity contribution in [1.82, 2.24) is 9.80 Å². The van der Waals surface area contributed by atoms with Crippen LogP contribution in [0, 0.1) is 0 Å². The Morgan fingerprint density at radius 2 is 1.92 bits per heavy atom. The van der Waals surface area contributed by atoms with E-state index < -0.39 is 6.09 Å². The molecule has 72 valence electrons. The van der Waals surface area contributed by atoms with Crippen molar-refractivity contribution >= 4 is 6.09 Å². The zero-order chi connectivity index (χ0) is 9.56. The average Bonchev–Trinajstić information content (AvgIpc) is 1.96. The van der Waals surface area contributed by atoms with E-state index in [-0.39, 0.29) is 0 Å². The van der Waals surface area contributed by atoms with Crippen LogP contribution in [0.25, 0.3) is 0 Å². The third-order valence-electron chi connectivity index (χ3n) is 1.67. The van der Waals surface area contributed by atoms with Crippen molar-refractivity contribution in [2.24, 2.45) is 0 Å². The molecular formula is C8H17N2O2-. The van der Waals surface area contributed by atoms with Crippen LogP contribution in [0.5, 0.6) is 0 Å². The molecule has 0 spiro atoms. The molecule has 0 fully saturated rings. The molecule has 0 unspecified atom stereocenters. The topological polar surface area (TPSA) is 46.6 Å². The Balaban J connectivity index is 3.52. The third-order valence-corrected chi connectivity index (χ3v) is 1.67. The van der Waals surface area contributed by atoms with Gasteiger partial charge in [0.1, 0.15) is 6.09 Å². The van der Waals surface area contributed by atoms with Gasteiger partial charge in [0.15, 0.2) is 0 Å². The van der Waals surface area contributed by atoms with Gasteiger partial charge in [0.25, 0.3) is 0 Å². The molecule has 0 aliphatic carbocycles. The number of rotatable bonds is 5. The average molecular weight is 173 g/mol. The van der Waals surface area contributed by atoms with Crippen LogP contribution in [-0.4, -0.2) is 49.6 Å². The van der Waals surface area contributed by atoms with Crippen LogP contribution in [0.1, 0.15) is 13.3 Å². The van der Waals surface area contributed by atoms with Gasteiger partial charge in [0, 0.05) is 13.1 Å². The minimum Gasteiger partial charge on any atom is -0.530 e. The number of hydrogen-bond acceptors (Lipinski definition) is 3. The Morgan fingerprint density at radius 3 is 2.25 bits per heavy atom. The molecule has 0 rings (SSSR count). The standard InChI is InChI=1S/C8H18N2O2/c1-4-10(8(11)12)7-5-6-9(2)3/h4-7H2,1-3H3,(H,11,12)/p-1. The summed E-state index contributed by atoms with van der Waals surface area (Å²) in [6.45, 7) is 3.79. The van der Waals surface area contributed by atoms with E-state index in [9.17, 15) is 9.90 Å². The Hall–Kier alpha value is -0.770. The fraction of sp³-hybridized carbons (Fsp3) is 0.875. The van der Waals surface area contributed by atoms with Gasteiger partial charge in [-0.2, -0.15) is 0 Å². The fourth-order valence-electron chi connectivity index (χ4n) is 0.956. The van der Waals surface area contributed by atoms with Crippen LogP contribution in [0.3, 0.4) is 0 Å². The normalized spacial score (nSPS) is 10.3. The Bertz CT molecular complexity index is 137. The first-order valence-corrected chi connectivity index (χ1v) is 4.18. The van der Waals surface area contributed by atoms with E-state index in [0.717, 1.165) is 13.0 Å². The van der Waals surface area contributed by atoms with E-state index in [2.05, 4.69) is 0 Å². The van der Waals surface area contributed by atoms with E-state index in [4.69, 9.17) is 0 Å². The Kier molecular flexibility index (Phi) is 5.45. The molecule has 0 aromatic rings. The zero-order valence-electron chi connectivity index (χ0n) is 8.04. The first-order chi connectivity index (χ1) is 5.57. The summed E-state index contributed by atoms with van der Waals surface area (Å²) in [5.74, 6) is 0. The summed E-state index contributed by atoms with van der Waals surface area (Å²) in [5, 5.41) is 10.4. The summed E-state index contributed by atoms with van der Waals surface area (Å²) in [6.07, 6.45) is -0.217. The van der Waals surface area contributed by atoms with Crippen molar-refractivity contribution in [1.29, 1.82) is 0 Å². The number of carboxylic acid groups (broad SMARTS) is 1. The lowest BCUT2D eigenvalue weighted by molar-refractivity contribution is -0.265. The number of carbonyl (C=O) groups is 1. The second-order valence-corrected chi connectivity index (χ2v) is 3.00. The van der Waals surface area contributed by atoms with Gasteiger partial charge in [0.05, 0.1) is 0 Å². The molecular weight excluding hydrogens is 156 g/mol. The van der Waals surface area contributed by atoms with Crippen LogP contribution < -0.4 is 5.11 Å². The molecule has 0 aromatic carbocycles.